The van der Waals surface area contributed by atoms with Crippen LogP contribution in [0.5, 0.6) is 5.75 Å². The quantitative estimate of drug-likeness (QED) is 0.780. The van der Waals surface area contributed by atoms with E-state index in [-0.39, 0.29) is 5.41 Å². The molecule has 0 saturated heterocycles. The van der Waals surface area contributed by atoms with Gasteiger partial charge in [0.1, 0.15) is 12.4 Å². The molecule has 0 spiro atoms. The fourth-order valence-corrected chi connectivity index (χ4v) is 2.34. The van der Waals surface area contributed by atoms with Crippen molar-refractivity contribution >= 4 is 5.69 Å². The van der Waals surface area contributed by atoms with Gasteiger partial charge in [0.2, 0.25) is 0 Å². The summed E-state index contributed by atoms with van der Waals surface area (Å²) in [7, 11) is 1.93. The molecule has 2 rings (SSSR count). The number of rotatable bonds is 6. The van der Waals surface area contributed by atoms with Gasteiger partial charge in [-0.1, -0.05) is 50.8 Å². The lowest BCUT2D eigenvalue weighted by atomic mass is 9.78. The Hall–Kier alpha value is -2.22. The Morgan fingerprint density at radius 2 is 1.52 bits per heavy atom. The Morgan fingerprint density at radius 1 is 1.00 bits per heavy atom. The van der Waals surface area contributed by atoms with Crippen molar-refractivity contribution in [3.63, 3.8) is 0 Å². The Bertz CT molecular complexity index is 582. The van der Waals surface area contributed by atoms with Gasteiger partial charge in [0.15, 0.2) is 0 Å². The minimum Gasteiger partial charge on any atom is -0.490 e. The van der Waals surface area contributed by atoms with Crippen LogP contribution in [-0.4, -0.2) is 13.7 Å². The summed E-state index contributed by atoms with van der Waals surface area (Å²) in [5.41, 5.74) is 3.65. The zero-order valence-electron chi connectivity index (χ0n) is 13.0. The van der Waals surface area contributed by atoms with Gasteiger partial charge >= 0.3 is 0 Å². The minimum absolute atomic E-state index is 0.0385. The third-order valence-corrected chi connectivity index (χ3v) is 3.84. The molecule has 0 heterocycles. The van der Waals surface area contributed by atoms with Crippen molar-refractivity contribution in [1.82, 2.24) is 0 Å². The maximum atomic E-state index is 5.53. The fraction of sp³-hybridized carbons (Fsp3) is 0.263. The predicted molar refractivity (Wildman–Crippen MR) is 90.3 cm³/mol. The summed E-state index contributed by atoms with van der Waals surface area (Å²) in [6, 6.07) is 16.9. The normalized spacial score (nSPS) is 11.0. The largest absolute Gasteiger partial charge is 0.490 e. The van der Waals surface area contributed by atoms with Gasteiger partial charge in [-0.05, 0) is 35.4 Å². The van der Waals surface area contributed by atoms with E-state index in [1.807, 2.05) is 19.2 Å². The number of hydrogen-bond donors (Lipinski definition) is 1. The molecule has 2 aromatic carbocycles. The second-order valence-electron chi connectivity index (χ2n) is 5.58. The average molecular weight is 281 g/mol. The maximum Gasteiger partial charge on any atom is 0.119 e. The van der Waals surface area contributed by atoms with E-state index in [1.165, 1.54) is 11.1 Å². The molecule has 0 aliphatic carbocycles. The smallest absolute Gasteiger partial charge is 0.119 e. The zero-order valence-corrected chi connectivity index (χ0v) is 13.0. The van der Waals surface area contributed by atoms with Gasteiger partial charge in [-0.3, -0.25) is 0 Å². The molecule has 0 unspecified atom stereocenters. The van der Waals surface area contributed by atoms with E-state index in [0.29, 0.717) is 6.61 Å². The molecule has 2 aromatic rings. The molecule has 0 aliphatic heterocycles. The molecule has 1 N–H and O–H groups in total. The second-order valence-corrected chi connectivity index (χ2v) is 5.58. The Balaban J connectivity index is 2.22. The Labute approximate surface area is 127 Å². The maximum absolute atomic E-state index is 5.53. The number of nitrogens with one attached hydrogen (secondary N) is 1. The van der Waals surface area contributed by atoms with Crippen molar-refractivity contribution < 1.29 is 4.74 Å². The van der Waals surface area contributed by atoms with Gasteiger partial charge in [-0.15, -0.1) is 0 Å². The zero-order chi connectivity index (χ0) is 15.3. The lowest BCUT2D eigenvalue weighted by Crippen LogP contribution is -2.18. The number of hydrogen-bond acceptors (Lipinski definition) is 2. The van der Waals surface area contributed by atoms with Crippen LogP contribution < -0.4 is 10.1 Å². The number of benzene rings is 2. The molecule has 2 heteroatoms. The van der Waals surface area contributed by atoms with Crippen molar-refractivity contribution in [3.05, 3.63) is 72.3 Å². The lowest BCUT2D eigenvalue weighted by Gasteiger charge is -2.26. The monoisotopic (exact) mass is 281 g/mol. The molecule has 110 valence electrons. The van der Waals surface area contributed by atoms with Crippen LogP contribution in [0, 0.1) is 0 Å². The molecule has 0 fully saturated rings. The summed E-state index contributed by atoms with van der Waals surface area (Å²) in [4.78, 5) is 0. The van der Waals surface area contributed by atoms with Crippen LogP contribution >= 0.6 is 0 Å². The molecular formula is C19H23NO. The minimum atomic E-state index is -0.0385. The first kappa shape index (κ1) is 15.2. The van der Waals surface area contributed by atoms with Crippen LogP contribution in [-0.2, 0) is 5.41 Å². The van der Waals surface area contributed by atoms with Crippen LogP contribution in [0.1, 0.15) is 25.0 Å². The average Bonchev–Trinajstić information content (AvgIpc) is 2.53. The number of ether oxygens (including phenoxy) is 1. The first-order chi connectivity index (χ1) is 10.1. The standard InChI is InChI=1S/C19H23NO/c1-5-14-21-18-12-8-16(9-13-18)19(2,3)15-6-10-17(20-4)11-7-15/h5-13,20H,1,14H2,2-4H3. The van der Waals surface area contributed by atoms with Gasteiger partial charge in [0.05, 0.1) is 0 Å². The van der Waals surface area contributed by atoms with Gasteiger partial charge in [-0.2, -0.15) is 0 Å². The molecule has 0 radical (unpaired) electrons. The van der Waals surface area contributed by atoms with E-state index >= 15 is 0 Å². The highest BCUT2D eigenvalue weighted by atomic mass is 16.5. The first-order valence-electron chi connectivity index (χ1n) is 7.20. The van der Waals surface area contributed by atoms with E-state index in [2.05, 4.69) is 62.1 Å². The van der Waals surface area contributed by atoms with Crippen LogP contribution in [0.4, 0.5) is 5.69 Å². The second kappa shape index (κ2) is 6.49. The third kappa shape index (κ3) is 3.46. The van der Waals surface area contributed by atoms with Crippen molar-refractivity contribution in [1.29, 1.82) is 0 Å². The van der Waals surface area contributed by atoms with Crippen molar-refractivity contribution in [2.45, 2.75) is 19.3 Å². The Morgan fingerprint density at radius 3 is 2.00 bits per heavy atom. The highest BCUT2D eigenvalue weighted by Crippen LogP contribution is 2.32. The molecule has 0 bridgehead atoms. The summed E-state index contributed by atoms with van der Waals surface area (Å²) in [5.74, 6) is 0.875. The van der Waals surface area contributed by atoms with E-state index in [4.69, 9.17) is 4.74 Å². The van der Waals surface area contributed by atoms with Crippen molar-refractivity contribution in [2.75, 3.05) is 19.0 Å². The van der Waals surface area contributed by atoms with E-state index in [9.17, 15) is 0 Å². The lowest BCUT2D eigenvalue weighted by molar-refractivity contribution is 0.363. The molecular weight excluding hydrogens is 258 g/mol. The molecule has 0 saturated carbocycles. The van der Waals surface area contributed by atoms with Gasteiger partial charge < -0.3 is 10.1 Å². The topological polar surface area (TPSA) is 21.3 Å². The molecule has 0 atom stereocenters. The molecule has 0 amide bonds. The highest BCUT2D eigenvalue weighted by Gasteiger charge is 2.22. The third-order valence-electron chi connectivity index (χ3n) is 3.84. The SMILES string of the molecule is C=CCOc1ccc(C(C)(C)c2ccc(NC)cc2)cc1. The van der Waals surface area contributed by atoms with E-state index < -0.39 is 0 Å². The Kier molecular flexibility index (Phi) is 4.69. The molecule has 21 heavy (non-hydrogen) atoms. The fourth-order valence-electron chi connectivity index (χ4n) is 2.34. The van der Waals surface area contributed by atoms with Crippen LogP contribution in [0.2, 0.25) is 0 Å². The van der Waals surface area contributed by atoms with Gasteiger partial charge in [-0.25, -0.2) is 0 Å². The summed E-state index contributed by atoms with van der Waals surface area (Å²) in [6.45, 7) is 8.67. The summed E-state index contributed by atoms with van der Waals surface area (Å²) in [5, 5.41) is 3.15. The van der Waals surface area contributed by atoms with E-state index in [0.717, 1.165) is 11.4 Å². The summed E-state index contributed by atoms with van der Waals surface area (Å²) < 4.78 is 5.53. The van der Waals surface area contributed by atoms with Gasteiger partial charge in [0, 0.05) is 18.2 Å². The first-order valence-corrected chi connectivity index (χ1v) is 7.20. The van der Waals surface area contributed by atoms with Crippen LogP contribution in [0.15, 0.2) is 61.2 Å². The molecule has 0 aromatic heterocycles. The summed E-state index contributed by atoms with van der Waals surface area (Å²) in [6.07, 6.45) is 1.75. The van der Waals surface area contributed by atoms with Crippen molar-refractivity contribution in [2.24, 2.45) is 0 Å². The number of anilines is 1. The van der Waals surface area contributed by atoms with Gasteiger partial charge in [0.25, 0.3) is 0 Å². The highest BCUT2D eigenvalue weighted by molar-refractivity contribution is 5.48. The summed E-state index contributed by atoms with van der Waals surface area (Å²) >= 11 is 0. The predicted octanol–water partition coefficient (Wildman–Crippen LogP) is 4.62. The van der Waals surface area contributed by atoms with Crippen molar-refractivity contribution in [3.8, 4) is 5.75 Å². The van der Waals surface area contributed by atoms with E-state index in [1.54, 1.807) is 6.08 Å². The van der Waals surface area contributed by atoms with Crippen LogP contribution in [0.25, 0.3) is 0 Å². The molecule has 2 nitrogen and oxygen atoms in total. The van der Waals surface area contributed by atoms with Crippen LogP contribution in [0.3, 0.4) is 0 Å². The molecule has 0 aliphatic rings.